The van der Waals surface area contributed by atoms with E-state index in [1.807, 2.05) is 30.3 Å². The molecule has 1 aliphatic heterocycles. The van der Waals surface area contributed by atoms with Crippen molar-refractivity contribution in [1.82, 2.24) is 10.2 Å². The van der Waals surface area contributed by atoms with Gasteiger partial charge in [0.05, 0.1) is 34.8 Å². The number of nitrogens with one attached hydrogen (secondary N) is 1. The highest BCUT2D eigenvalue weighted by molar-refractivity contribution is 6.42. The van der Waals surface area contributed by atoms with Gasteiger partial charge in [0.1, 0.15) is 0 Å². The van der Waals surface area contributed by atoms with Gasteiger partial charge in [0.15, 0.2) is 0 Å². The van der Waals surface area contributed by atoms with Crippen LogP contribution in [0.15, 0.2) is 59.8 Å². The number of hydrogen-bond acceptors (Lipinski definition) is 3. The normalized spacial score (nSPS) is 16.8. The summed E-state index contributed by atoms with van der Waals surface area (Å²) in [6.07, 6.45) is 0. The number of allylic oxidation sites excluding steroid dienone is 1. The van der Waals surface area contributed by atoms with E-state index in [-0.39, 0.29) is 12.6 Å². The van der Waals surface area contributed by atoms with Crippen LogP contribution in [0.3, 0.4) is 0 Å². The van der Waals surface area contributed by atoms with Gasteiger partial charge in [0.25, 0.3) is 0 Å². The largest absolute Gasteiger partial charge is 0.463 e. The Morgan fingerprint density at radius 2 is 1.86 bits per heavy atom. The first-order chi connectivity index (χ1) is 13.4. The zero-order valence-corrected chi connectivity index (χ0v) is 17.1. The molecule has 1 atom stereocenters. The highest BCUT2D eigenvalue weighted by Crippen LogP contribution is 2.37. The Balaban J connectivity index is 2.08. The lowest BCUT2D eigenvalue weighted by Gasteiger charge is -2.35. The average molecular weight is 419 g/mol. The molecular weight excluding hydrogens is 399 g/mol. The van der Waals surface area contributed by atoms with Gasteiger partial charge in [-0.05, 0) is 31.0 Å². The minimum atomic E-state index is -0.746. The first kappa shape index (κ1) is 20.2. The lowest BCUT2D eigenvalue weighted by molar-refractivity contribution is -0.139. The number of halogens is 2. The lowest BCUT2D eigenvalue weighted by atomic mass is 9.94. The van der Waals surface area contributed by atoms with Gasteiger partial charge in [0, 0.05) is 5.70 Å². The first-order valence-corrected chi connectivity index (χ1v) is 9.63. The Kier molecular flexibility index (Phi) is 6.27. The van der Waals surface area contributed by atoms with E-state index in [9.17, 15) is 9.59 Å². The van der Waals surface area contributed by atoms with Crippen molar-refractivity contribution in [2.24, 2.45) is 0 Å². The van der Waals surface area contributed by atoms with Gasteiger partial charge in [-0.15, -0.1) is 0 Å². The Morgan fingerprint density at radius 3 is 2.54 bits per heavy atom. The van der Waals surface area contributed by atoms with Gasteiger partial charge in [0.2, 0.25) is 0 Å². The molecule has 2 aromatic carbocycles. The molecular formula is C21H20Cl2N2O3. The molecule has 2 amide bonds. The number of rotatable bonds is 5. The van der Waals surface area contributed by atoms with Crippen LogP contribution in [0.2, 0.25) is 10.0 Å². The van der Waals surface area contributed by atoms with Crippen LogP contribution in [0.1, 0.15) is 31.0 Å². The molecule has 0 radical (unpaired) electrons. The van der Waals surface area contributed by atoms with Gasteiger partial charge in [-0.3, -0.25) is 4.90 Å². The molecule has 28 heavy (non-hydrogen) atoms. The summed E-state index contributed by atoms with van der Waals surface area (Å²) < 4.78 is 5.26. The summed E-state index contributed by atoms with van der Waals surface area (Å²) in [7, 11) is 0. The quantitative estimate of drug-likeness (QED) is 0.687. The summed E-state index contributed by atoms with van der Waals surface area (Å²) >= 11 is 12.5. The van der Waals surface area contributed by atoms with E-state index in [0.717, 1.165) is 5.56 Å². The van der Waals surface area contributed by atoms with E-state index in [0.29, 0.717) is 33.4 Å². The highest BCUT2D eigenvalue weighted by atomic mass is 35.5. The minimum Gasteiger partial charge on any atom is -0.463 e. The zero-order chi connectivity index (χ0) is 20.3. The monoisotopic (exact) mass is 418 g/mol. The molecule has 1 unspecified atom stereocenters. The number of esters is 1. The van der Waals surface area contributed by atoms with Crippen LogP contribution >= 0.6 is 23.2 Å². The fraction of sp³-hybridized carbons (Fsp3) is 0.238. The van der Waals surface area contributed by atoms with E-state index in [2.05, 4.69) is 5.32 Å². The predicted molar refractivity (Wildman–Crippen MR) is 109 cm³/mol. The van der Waals surface area contributed by atoms with Crippen molar-refractivity contribution in [2.75, 3.05) is 6.61 Å². The van der Waals surface area contributed by atoms with Crippen LogP contribution in [-0.2, 0) is 16.1 Å². The number of nitrogens with zero attached hydrogens (tertiary/aromatic N) is 1. The molecule has 0 aliphatic carbocycles. The molecule has 0 saturated carbocycles. The number of urea groups is 1. The number of amides is 2. The summed E-state index contributed by atoms with van der Waals surface area (Å²) in [6, 6.07) is 13.6. The maximum atomic E-state index is 12.9. The van der Waals surface area contributed by atoms with Crippen LogP contribution in [-0.4, -0.2) is 23.5 Å². The Labute approximate surface area is 173 Å². The summed E-state index contributed by atoms with van der Waals surface area (Å²) in [5.74, 6) is -0.501. The molecule has 0 spiro atoms. The molecule has 3 rings (SSSR count). The SMILES string of the molecule is CCOC(=O)C1=C(C)N(Cc2ccccc2)C(=O)NC1c1cccc(Cl)c1Cl. The number of ether oxygens (including phenoxy) is 1. The number of hydrogen-bond donors (Lipinski definition) is 1. The fourth-order valence-corrected chi connectivity index (χ4v) is 3.60. The van der Waals surface area contributed by atoms with Crippen LogP contribution in [0.4, 0.5) is 4.79 Å². The van der Waals surface area contributed by atoms with E-state index in [4.69, 9.17) is 27.9 Å². The minimum absolute atomic E-state index is 0.220. The van der Waals surface area contributed by atoms with Crippen LogP contribution in [0.25, 0.3) is 0 Å². The van der Waals surface area contributed by atoms with Gasteiger partial charge >= 0.3 is 12.0 Å². The fourth-order valence-electron chi connectivity index (χ4n) is 3.19. The standard InChI is InChI=1S/C21H20Cl2N2O3/c1-3-28-20(26)17-13(2)25(12-14-8-5-4-6-9-14)21(27)24-19(17)15-10-7-11-16(22)18(15)23/h4-11,19H,3,12H2,1-2H3,(H,24,27). The molecule has 1 heterocycles. The molecule has 2 aromatic rings. The van der Waals surface area contributed by atoms with E-state index >= 15 is 0 Å². The molecule has 7 heteroatoms. The van der Waals surface area contributed by atoms with Gasteiger partial charge in [-0.1, -0.05) is 65.7 Å². The number of carbonyl (C=O) groups excluding carboxylic acids is 2. The van der Waals surface area contributed by atoms with Crippen molar-refractivity contribution in [2.45, 2.75) is 26.4 Å². The summed E-state index contributed by atoms with van der Waals surface area (Å²) in [6.45, 7) is 4.02. The lowest BCUT2D eigenvalue weighted by Crippen LogP contribution is -2.47. The molecule has 0 saturated heterocycles. The smallest absolute Gasteiger partial charge is 0.338 e. The number of carbonyl (C=O) groups is 2. The zero-order valence-electron chi connectivity index (χ0n) is 15.5. The summed E-state index contributed by atoms with van der Waals surface area (Å²) in [5.41, 5.74) is 2.34. The van der Waals surface area contributed by atoms with Gasteiger partial charge in [-0.2, -0.15) is 0 Å². The van der Waals surface area contributed by atoms with Crippen molar-refractivity contribution in [3.8, 4) is 0 Å². The topological polar surface area (TPSA) is 58.6 Å². The maximum absolute atomic E-state index is 12.9. The Bertz CT molecular complexity index is 929. The van der Waals surface area contributed by atoms with Gasteiger partial charge < -0.3 is 10.1 Å². The first-order valence-electron chi connectivity index (χ1n) is 8.87. The van der Waals surface area contributed by atoms with E-state index in [1.54, 1.807) is 32.0 Å². The molecule has 0 aromatic heterocycles. The van der Waals surface area contributed by atoms with Crippen molar-refractivity contribution in [3.05, 3.63) is 81.0 Å². The molecule has 1 aliphatic rings. The van der Waals surface area contributed by atoms with Crippen molar-refractivity contribution in [3.63, 3.8) is 0 Å². The highest BCUT2D eigenvalue weighted by Gasteiger charge is 2.37. The predicted octanol–water partition coefficient (Wildman–Crippen LogP) is 5.10. The van der Waals surface area contributed by atoms with Crippen LogP contribution in [0.5, 0.6) is 0 Å². The van der Waals surface area contributed by atoms with E-state index in [1.165, 1.54) is 4.90 Å². The van der Waals surface area contributed by atoms with Crippen LogP contribution < -0.4 is 5.32 Å². The molecule has 1 N–H and O–H groups in total. The second-order valence-corrected chi connectivity index (χ2v) is 7.10. The molecule has 5 nitrogen and oxygen atoms in total. The third-order valence-electron chi connectivity index (χ3n) is 4.57. The van der Waals surface area contributed by atoms with E-state index < -0.39 is 12.0 Å². The third kappa shape index (κ3) is 4.01. The molecule has 146 valence electrons. The average Bonchev–Trinajstić information content (AvgIpc) is 2.68. The summed E-state index contributed by atoms with van der Waals surface area (Å²) in [5, 5.41) is 3.52. The summed E-state index contributed by atoms with van der Waals surface area (Å²) in [4.78, 5) is 27.2. The van der Waals surface area contributed by atoms with Crippen molar-refractivity contribution in [1.29, 1.82) is 0 Å². The third-order valence-corrected chi connectivity index (χ3v) is 5.40. The second kappa shape index (κ2) is 8.67. The Hall–Kier alpha value is -2.50. The number of benzene rings is 2. The molecule has 0 fully saturated rings. The maximum Gasteiger partial charge on any atom is 0.338 e. The second-order valence-electron chi connectivity index (χ2n) is 6.32. The Morgan fingerprint density at radius 1 is 1.14 bits per heavy atom. The van der Waals surface area contributed by atoms with Crippen molar-refractivity contribution < 1.29 is 14.3 Å². The van der Waals surface area contributed by atoms with Crippen LogP contribution in [0, 0.1) is 0 Å². The van der Waals surface area contributed by atoms with Crippen molar-refractivity contribution >= 4 is 35.2 Å². The van der Waals surface area contributed by atoms with Gasteiger partial charge in [-0.25, -0.2) is 9.59 Å². The molecule has 0 bridgehead atoms.